The van der Waals surface area contributed by atoms with E-state index in [2.05, 4.69) is 18.7 Å². The summed E-state index contributed by atoms with van der Waals surface area (Å²) in [5.74, 6) is -0.328. The minimum Gasteiger partial charge on any atom is -0.465 e. The molecule has 0 amide bonds. The molecule has 104 valence electrons. The smallest absolute Gasteiger partial charge is 0.340 e. The van der Waals surface area contributed by atoms with Crippen LogP contribution in [0.4, 0.5) is 11.4 Å². The van der Waals surface area contributed by atoms with Gasteiger partial charge in [0.05, 0.1) is 24.0 Å². The van der Waals surface area contributed by atoms with Crippen LogP contribution in [0, 0.1) is 5.41 Å². The number of nitrogen functional groups attached to an aromatic ring is 1. The lowest BCUT2D eigenvalue weighted by Gasteiger charge is -2.40. The number of hydrogen-bond acceptors (Lipinski definition) is 4. The maximum atomic E-state index is 11.9. The van der Waals surface area contributed by atoms with Crippen molar-refractivity contribution in [2.75, 3.05) is 30.8 Å². The van der Waals surface area contributed by atoms with Gasteiger partial charge < -0.3 is 15.4 Å². The number of nitrogens with zero attached hydrogens (tertiary/aromatic N) is 1. The van der Waals surface area contributed by atoms with Crippen molar-refractivity contribution in [2.24, 2.45) is 5.41 Å². The summed E-state index contributed by atoms with van der Waals surface area (Å²) in [6.45, 7) is 6.33. The number of rotatable bonds is 2. The van der Waals surface area contributed by atoms with Crippen molar-refractivity contribution < 1.29 is 9.53 Å². The maximum Gasteiger partial charge on any atom is 0.340 e. The molecule has 0 bridgehead atoms. The molecule has 0 unspecified atom stereocenters. The molecular formula is C15H22N2O2. The molecule has 1 fully saturated rings. The van der Waals surface area contributed by atoms with Gasteiger partial charge in [-0.25, -0.2) is 4.79 Å². The molecule has 0 atom stereocenters. The predicted molar refractivity (Wildman–Crippen MR) is 77.4 cm³/mol. The number of carbonyl (C=O) groups is 1. The van der Waals surface area contributed by atoms with E-state index in [1.165, 1.54) is 13.5 Å². The Morgan fingerprint density at radius 2 is 2.16 bits per heavy atom. The monoisotopic (exact) mass is 262 g/mol. The van der Waals surface area contributed by atoms with Gasteiger partial charge in [-0.05, 0) is 30.4 Å². The lowest BCUT2D eigenvalue weighted by Crippen LogP contribution is -2.41. The van der Waals surface area contributed by atoms with Gasteiger partial charge >= 0.3 is 5.97 Å². The van der Waals surface area contributed by atoms with Crippen LogP contribution < -0.4 is 10.6 Å². The van der Waals surface area contributed by atoms with Crippen molar-refractivity contribution in [3.63, 3.8) is 0 Å². The average Bonchev–Trinajstić information content (AvgIpc) is 2.36. The fraction of sp³-hybridized carbons (Fsp3) is 0.533. The summed E-state index contributed by atoms with van der Waals surface area (Å²) in [6, 6.07) is 5.41. The first kappa shape index (κ1) is 13.7. The Morgan fingerprint density at radius 1 is 1.42 bits per heavy atom. The first-order valence-electron chi connectivity index (χ1n) is 6.66. The number of benzene rings is 1. The van der Waals surface area contributed by atoms with E-state index in [9.17, 15) is 4.79 Å². The van der Waals surface area contributed by atoms with E-state index < -0.39 is 0 Å². The summed E-state index contributed by atoms with van der Waals surface area (Å²) in [5.41, 5.74) is 8.34. The molecule has 0 aromatic heterocycles. The van der Waals surface area contributed by atoms with E-state index >= 15 is 0 Å². The van der Waals surface area contributed by atoms with Crippen molar-refractivity contribution in [2.45, 2.75) is 26.7 Å². The normalized spacial score (nSPS) is 18.2. The van der Waals surface area contributed by atoms with Gasteiger partial charge in [0.25, 0.3) is 0 Å². The Hall–Kier alpha value is -1.71. The lowest BCUT2D eigenvalue weighted by atomic mass is 9.83. The highest BCUT2D eigenvalue weighted by Crippen LogP contribution is 2.36. The molecule has 1 heterocycles. The van der Waals surface area contributed by atoms with Gasteiger partial charge in [-0.2, -0.15) is 0 Å². The second-order valence-corrected chi connectivity index (χ2v) is 5.92. The second-order valence-electron chi connectivity index (χ2n) is 5.92. The lowest BCUT2D eigenvalue weighted by molar-refractivity contribution is 0.0601. The molecule has 1 aromatic carbocycles. The van der Waals surface area contributed by atoms with Crippen molar-refractivity contribution in [1.29, 1.82) is 0 Å². The number of para-hydroxylation sites is 1. The van der Waals surface area contributed by atoms with Crippen LogP contribution in [0.3, 0.4) is 0 Å². The Kier molecular flexibility index (Phi) is 3.69. The Labute approximate surface area is 114 Å². The van der Waals surface area contributed by atoms with Crippen molar-refractivity contribution in [3.8, 4) is 0 Å². The third kappa shape index (κ3) is 2.83. The van der Waals surface area contributed by atoms with E-state index in [1.807, 2.05) is 6.07 Å². The molecule has 0 spiro atoms. The van der Waals surface area contributed by atoms with E-state index in [0.29, 0.717) is 11.3 Å². The van der Waals surface area contributed by atoms with E-state index in [1.54, 1.807) is 12.1 Å². The van der Waals surface area contributed by atoms with Crippen LogP contribution in [0.5, 0.6) is 0 Å². The average molecular weight is 262 g/mol. The highest BCUT2D eigenvalue weighted by atomic mass is 16.5. The molecule has 4 nitrogen and oxygen atoms in total. The van der Waals surface area contributed by atoms with Gasteiger partial charge in [0, 0.05) is 13.1 Å². The number of methoxy groups -OCH3 is 1. The van der Waals surface area contributed by atoms with Gasteiger partial charge in [-0.15, -0.1) is 0 Å². The molecule has 0 aliphatic carbocycles. The van der Waals surface area contributed by atoms with Crippen LogP contribution in [0.25, 0.3) is 0 Å². The number of nitrogens with two attached hydrogens (primary N) is 1. The summed E-state index contributed by atoms with van der Waals surface area (Å²) in [4.78, 5) is 14.1. The molecule has 2 rings (SSSR count). The maximum absolute atomic E-state index is 11.9. The largest absolute Gasteiger partial charge is 0.465 e. The minimum atomic E-state index is -0.328. The van der Waals surface area contributed by atoms with Gasteiger partial charge in [0.2, 0.25) is 0 Å². The Bertz CT molecular complexity index is 483. The molecule has 19 heavy (non-hydrogen) atoms. The number of anilines is 2. The first-order chi connectivity index (χ1) is 8.94. The highest BCUT2D eigenvalue weighted by Gasteiger charge is 2.29. The van der Waals surface area contributed by atoms with E-state index in [-0.39, 0.29) is 11.4 Å². The quantitative estimate of drug-likeness (QED) is 0.657. The first-order valence-corrected chi connectivity index (χ1v) is 6.66. The molecule has 1 aromatic rings. The molecular weight excluding hydrogens is 240 g/mol. The zero-order valence-corrected chi connectivity index (χ0v) is 11.9. The molecule has 2 N–H and O–H groups in total. The van der Waals surface area contributed by atoms with Crippen LogP contribution in [-0.4, -0.2) is 26.2 Å². The van der Waals surface area contributed by atoms with E-state index in [0.717, 1.165) is 25.2 Å². The zero-order valence-electron chi connectivity index (χ0n) is 11.9. The van der Waals surface area contributed by atoms with Gasteiger partial charge in [-0.1, -0.05) is 19.9 Å². The fourth-order valence-corrected chi connectivity index (χ4v) is 2.80. The van der Waals surface area contributed by atoms with Crippen LogP contribution >= 0.6 is 0 Å². The fourth-order valence-electron chi connectivity index (χ4n) is 2.80. The Morgan fingerprint density at radius 3 is 2.79 bits per heavy atom. The standard InChI is InChI=1S/C15H22N2O2/c1-15(2)8-5-9-17(10-15)13-11(14(18)19-3)6-4-7-12(13)16/h4,6-7H,5,8-10,16H2,1-3H3. The molecule has 1 saturated heterocycles. The third-order valence-electron chi connectivity index (χ3n) is 3.69. The third-order valence-corrected chi connectivity index (χ3v) is 3.69. The molecule has 0 radical (unpaired) electrons. The van der Waals surface area contributed by atoms with Crippen molar-refractivity contribution in [3.05, 3.63) is 23.8 Å². The van der Waals surface area contributed by atoms with Gasteiger partial charge in [-0.3, -0.25) is 0 Å². The van der Waals surface area contributed by atoms with Crippen molar-refractivity contribution in [1.82, 2.24) is 0 Å². The Balaban J connectivity index is 2.40. The van der Waals surface area contributed by atoms with Gasteiger partial charge in [0.1, 0.15) is 0 Å². The molecule has 1 aliphatic heterocycles. The highest BCUT2D eigenvalue weighted by molar-refractivity contribution is 5.99. The SMILES string of the molecule is COC(=O)c1cccc(N)c1N1CCCC(C)(C)C1. The number of piperidine rings is 1. The van der Waals surface area contributed by atoms with Crippen LogP contribution in [-0.2, 0) is 4.74 Å². The summed E-state index contributed by atoms with van der Waals surface area (Å²) in [7, 11) is 1.40. The molecule has 1 aliphatic rings. The molecule has 0 saturated carbocycles. The van der Waals surface area contributed by atoms with Crippen LogP contribution in [0.15, 0.2) is 18.2 Å². The number of ether oxygens (including phenoxy) is 1. The number of esters is 1. The van der Waals surface area contributed by atoms with Crippen molar-refractivity contribution >= 4 is 17.3 Å². The summed E-state index contributed by atoms with van der Waals surface area (Å²) in [6.07, 6.45) is 2.31. The van der Waals surface area contributed by atoms with Crippen LogP contribution in [0.2, 0.25) is 0 Å². The summed E-state index contributed by atoms with van der Waals surface area (Å²) >= 11 is 0. The van der Waals surface area contributed by atoms with E-state index in [4.69, 9.17) is 10.5 Å². The second kappa shape index (κ2) is 5.11. The topological polar surface area (TPSA) is 55.6 Å². The summed E-state index contributed by atoms with van der Waals surface area (Å²) < 4.78 is 4.85. The minimum absolute atomic E-state index is 0.244. The number of carbonyl (C=O) groups excluding carboxylic acids is 1. The van der Waals surface area contributed by atoms with Crippen LogP contribution in [0.1, 0.15) is 37.0 Å². The number of hydrogen-bond donors (Lipinski definition) is 1. The predicted octanol–water partition coefficient (Wildman–Crippen LogP) is 2.68. The summed E-state index contributed by atoms with van der Waals surface area (Å²) in [5, 5.41) is 0. The molecule has 4 heteroatoms. The zero-order chi connectivity index (χ0) is 14.0. The van der Waals surface area contributed by atoms with Gasteiger partial charge in [0.15, 0.2) is 0 Å².